The SMILES string of the molecule is CCC(=O)NC(C)C(=O)N1CCC2(CCCC2NC(=O)COC)CC1. The fourth-order valence-corrected chi connectivity index (χ4v) is 4.18. The highest BCUT2D eigenvalue weighted by molar-refractivity contribution is 5.87. The molecule has 0 radical (unpaired) electrons. The first-order chi connectivity index (χ1) is 11.9. The molecule has 2 fully saturated rings. The van der Waals surface area contributed by atoms with Crippen molar-refractivity contribution in [3.8, 4) is 0 Å². The van der Waals surface area contributed by atoms with Gasteiger partial charge in [-0.2, -0.15) is 0 Å². The van der Waals surface area contributed by atoms with Gasteiger partial charge in [0.2, 0.25) is 17.7 Å². The molecular weight excluding hydrogens is 322 g/mol. The number of methoxy groups -OCH3 is 1. The summed E-state index contributed by atoms with van der Waals surface area (Å²) in [6.45, 7) is 4.97. The molecule has 0 aromatic heterocycles. The van der Waals surface area contributed by atoms with Gasteiger partial charge in [-0.15, -0.1) is 0 Å². The molecule has 1 heterocycles. The fourth-order valence-electron chi connectivity index (χ4n) is 4.18. The van der Waals surface area contributed by atoms with E-state index in [4.69, 9.17) is 4.74 Å². The Morgan fingerprint density at radius 3 is 2.48 bits per heavy atom. The summed E-state index contributed by atoms with van der Waals surface area (Å²) in [5.74, 6) is -0.191. The van der Waals surface area contributed by atoms with Crippen LogP contribution in [0, 0.1) is 5.41 Å². The fraction of sp³-hybridized carbons (Fsp3) is 0.833. The summed E-state index contributed by atoms with van der Waals surface area (Å²) in [4.78, 5) is 37.7. The predicted molar refractivity (Wildman–Crippen MR) is 93.8 cm³/mol. The number of carbonyl (C=O) groups excluding carboxylic acids is 3. The van der Waals surface area contributed by atoms with Crippen molar-refractivity contribution in [2.24, 2.45) is 5.41 Å². The van der Waals surface area contributed by atoms with Crippen LogP contribution < -0.4 is 10.6 Å². The predicted octanol–water partition coefficient (Wildman–Crippen LogP) is 0.825. The number of likely N-dealkylation sites (tertiary alicyclic amines) is 1. The molecule has 1 aliphatic heterocycles. The van der Waals surface area contributed by atoms with Crippen molar-refractivity contribution in [3.63, 3.8) is 0 Å². The van der Waals surface area contributed by atoms with Gasteiger partial charge >= 0.3 is 0 Å². The highest BCUT2D eigenvalue weighted by atomic mass is 16.5. The molecule has 3 amide bonds. The van der Waals surface area contributed by atoms with Gasteiger partial charge in [0, 0.05) is 32.7 Å². The Hall–Kier alpha value is -1.63. The lowest BCUT2D eigenvalue weighted by Gasteiger charge is -2.44. The van der Waals surface area contributed by atoms with Crippen molar-refractivity contribution < 1.29 is 19.1 Å². The van der Waals surface area contributed by atoms with Crippen LogP contribution in [-0.2, 0) is 19.1 Å². The lowest BCUT2D eigenvalue weighted by atomic mass is 9.74. The first kappa shape index (κ1) is 19.7. The van der Waals surface area contributed by atoms with E-state index >= 15 is 0 Å². The molecule has 7 heteroatoms. The molecule has 1 aliphatic carbocycles. The van der Waals surface area contributed by atoms with Gasteiger partial charge in [-0.25, -0.2) is 0 Å². The Morgan fingerprint density at radius 2 is 1.88 bits per heavy atom. The van der Waals surface area contributed by atoms with E-state index < -0.39 is 6.04 Å². The molecule has 1 spiro atoms. The minimum absolute atomic E-state index is 0.0189. The molecule has 1 saturated carbocycles. The summed E-state index contributed by atoms with van der Waals surface area (Å²) >= 11 is 0. The zero-order chi connectivity index (χ0) is 18.4. The number of carbonyl (C=O) groups is 3. The molecule has 0 aromatic carbocycles. The summed E-state index contributed by atoms with van der Waals surface area (Å²) in [6.07, 6.45) is 5.36. The summed E-state index contributed by atoms with van der Waals surface area (Å²) in [5.41, 5.74) is 0.0933. The second kappa shape index (κ2) is 8.65. The Bertz CT molecular complexity index is 501. The summed E-state index contributed by atoms with van der Waals surface area (Å²) in [7, 11) is 1.52. The minimum Gasteiger partial charge on any atom is -0.375 e. The average molecular weight is 353 g/mol. The second-order valence-corrected chi connectivity index (χ2v) is 7.28. The van der Waals surface area contributed by atoms with Crippen molar-refractivity contribution in [2.75, 3.05) is 26.8 Å². The van der Waals surface area contributed by atoms with Gasteiger partial charge in [0.25, 0.3) is 0 Å². The number of ether oxygens (including phenoxy) is 1. The Morgan fingerprint density at radius 1 is 1.20 bits per heavy atom. The zero-order valence-corrected chi connectivity index (χ0v) is 15.6. The quantitative estimate of drug-likeness (QED) is 0.740. The molecule has 2 N–H and O–H groups in total. The Balaban J connectivity index is 1.90. The van der Waals surface area contributed by atoms with Gasteiger partial charge in [0.05, 0.1) is 0 Å². The standard InChI is InChI=1S/C18H31N3O4/c1-4-15(22)19-13(2)17(24)21-10-8-18(9-11-21)7-5-6-14(18)20-16(23)12-25-3/h13-14H,4-12H2,1-3H3,(H,19,22)(H,20,23). The molecule has 2 rings (SSSR count). The Kier molecular flexibility index (Phi) is 6.81. The molecule has 25 heavy (non-hydrogen) atoms. The minimum atomic E-state index is -0.484. The van der Waals surface area contributed by atoms with Gasteiger partial charge in [-0.05, 0) is 38.0 Å². The van der Waals surface area contributed by atoms with Gasteiger partial charge in [-0.1, -0.05) is 13.3 Å². The molecule has 7 nitrogen and oxygen atoms in total. The van der Waals surface area contributed by atoms with Crippen LogP contribution in [0.5, 0.6) is 0 Å². The van der Waals surface area contributed by atoms with Gasteiger partial charge in [0.1, 0.15) is 12.6 Å². The third-order valence-corrected chi connectivity index (χ3v) is 5.66. The van der Waals surface area contributed by atoms with Crippen molar-refractivity contribution >= 4 is 17.7 Å². The monoisotopic (exact) mass is 353 g/mol. The summed E-state index contributed by atoms with van der Waals surface area (Å²) in [6, 6.07) is -0.313. The molecule has 0 aromatic rings. The van der Waals surface area contributed by atoms with Crippen LogP contribution in [-0.4, -0.2) is 61.5 Å². The summed E-state index contributed by atoms with van der Waals surface area (Å²) < 4.78 is 4.91. The number of nitrogens with one attached hydrogen (secondary N) is 2. The molecule has 1 saturated heterocycles. The van der Waals surface area contributed by atoms with E-state index in [1.165, 1.54) is 7.11 Å². The first-order valence-corrected chi connectivity index (χ1v) is 9.28. The number of amides is 3. The maximum Gasteiger partial charge on any atom is 0.246 e. The van der Waals surface area contributed by atoms with Crippen LogP contribution in [0.3, 0.4) is 0 Å². The molecular formula is C18H31N3O4. The lowest BCUT2D eigenvalue weighted by molar-refractivity contribution is -0.138. The van der Waals surface area contributed by atoms with Gasteiger partial charge < -0.3 is 20.3 Å². The van der Waals surface area contributed by atoms with Gasteiger partial charge in [0.15, 0.2) is 0 Å². The largest absolute Gasteiger partial charge is 0.375 e. The molecule has 2 unspecified atom stereocenters. The van der Waals surface area contributed by atoms with E-state index in [0.717, 1.165) is 32.1 Å². The highest BCUT2D eigenvalue weighted by Gasteiger charge is 2.46. The highest BCUT2D eigenvalue weighted by Crippen LogP contribution is 2.46. The van der Waals surface area contributed by atoms with E-state index in [0.29, 0.717) is 19.5 Å². The Labute approximate surface area is 149 Å². The van der Waals surface area contributed by atoms with E-state index in [1.807, 2.05) is 4.90 Å². The van der Waals surface area contributed by atoms with E-state index in [2.05, 4.69) is 10.6 Å². The lowest BCUT2D eigenvalue weighted by Crippen LogP contribution is -2.54. The summed E-state index contributed by atoms with van der Waals surface area (Å²) in [5, 5.41) is 5.85. The van der Waals surface area contributed by atoms with E-state index in [9.17, 15) is 14.4 Å². The number of nitrogens with zero attached hydrogens (tertiary/aromatic N) is 1. The van der Waals surface area contributed by atoms with Crippen LogP contribution >= 0.6 is 0 Å². The third-order valence-electron chi connectivity index (χ3n) is 5.66. The van der Waals surface area contributed by atoms with Crippen LogP contribution in [0.15, 0.2) is 0 Å². The molecule has 142 valence electrons. The smallest absolute Gasteiger partial charge is 0.246 e. The first-order valence-electron chi connectivity index (χ1n) is 9.28. The van der Waals surface area contributed by atoms with Crippen LogP contribution in [0.25, 0.3) is 0 Å². The second-order valence-electron chi connectivity index (χ2n) is 7.28. The maximum atomic E-state index is 12.5. The van der Waals surface area contributed by atoms with Crippen molar-refractivity contribution in [3.05, 3.63) is 0 Å². The number of rotatable bonds is 6. The molecule has 2 aliphatic rings. The van der Waals surface area contributed by atoms with E-state index in [-0.39, 0.29) is 35.8 Å². The average Bonchev–Trinajstić information content (AvgIpc) is 2.96. The zero-order valence-electron chi connectivity index (χ0n) is 15.6. The normalized spacial score (nSPS) is 23.3. The van der Waals surface area contributed by atoms with E-state index in [1.54, 1.807) is 13.8 Å². The van der Waals surface area contributed by atoms with Crippen LogP contribution in [0.4, 0.5) is 0 Å². The van der Waals surface area contributed by atoms with Crippen LogP contribution in [0.1, 0.15) is 52.4 Å². The van der Waals surface area contributed by atoms with Crippen molar-refractivity contribution in [1.82, 2.24) is 15.5 Å². The topological polar surface area (TPSA) is 87.7 Å². The third kappa shape index (κ3) is 4.71. The van der Waals surface area contributed by atoms with Crippen molar-refractivity contribution in [1.29, 1.82) is 0 Å². The van der Waals surface area contributed by atoms with Crippen LogP contribution in [0.2, 0.25) is 0 Å². The number of piperidine rings is 1. The number of hydrogen-bond donors (Lipinski definition) is 2. The number of hydrogen-bond acceptors (Lipinski definition) is 4. The van der Waals surface area contributed by atoms with Crippen molar-refractivity contribution in [2.45, 2.75) is 64.5 Å². The molecule has 0 bridgehead atoms. The maximum absolute atomic E-state index is 12.5. The van der Waals surface area contributed by atoms with Gasteiger partial charge in [-0.3, -0.25) is 14.4 Å². The molecule has 2 atom stereocenters.